The molecule has 0 radical (unpaired) electrons. The van der Waals surface area contributed by atoms with Gasteiger partial charge in [-0.2, -0.15) is 0 Å². The molecule has 12 aromatic rings. The van der Waals surface area contributed by atoms with Crippen LogP contribution in [0.2, 0.25) is 0 Å². The SMILES string of the molecule is c1ccc(-c2ccc(-c3nc(-n4c5cc6c7ccccc7n7c8ccccc8c(c5c5ccc8ccccc8c54)c67)nc4ccccc34)cc2)cc1. The summed E-state index contributed by atoms with van der Waals surface area (Å²) in [7, 11) is 0. The maximum Gasteiger partial charge on any atom is 0.235 e. The number of fused-ring (bicyclic) bond motifs is 13. The van der Waals surface area contributed by atoms with Crippen LogP contribution in [-0.4, -0.2) is 18.9 Å². The zero-order valence-corrected chi connectivity index (χ0v) is 28.0. The van der Waals surface area contributed by atoms with Crippen LogP contribution in [0.15, 0.2) is 170 Å². The van der Waals surface area contributed by atoms with Crippen LogP contribution in [0.25, 0.3) is 110 Å². The molecule has 4 aromatic heterocycles. The van der Waals surface area contributed by atoms with E-state index in [1.54, 1.807) is 0 Å². The summed E-state index contributed by atoms with van der Waals surface area (Å²) < 4.78 is 4.80. The average molecular weight is 661 g/mol. The van der Waals surface area contributed by atoms with Crippen LogP contribution < -0.4 is 0 Å². The molecule has 0 N–H and O–H groups in total. The predicted molar refractivity (Wildman–Crippen MR) is 217 cm³/mol. The lowest BCUT2D eigenvalue weighted by Gasteiger charge is -2.13. The molecule has 0 fully saturated rings. The van der Waals surface area contributed by atoms with Gasteiger partial charge in [0.05, 0.1) is 38.8 Å². The second-order valence-electron chi connectivity index (χ2n) is 13.8. The van der Waals surface area contributed by atoms with Crippen molar-refractivity contribution in [3.05, 3.63) is 170 Å². The van der Waals surface area contributed by atoms with Crippen molar-refractivity contribution in [1.82, 2.24) is 18.9 Å². The van der Waals surface area contributed by atoms with Crippen LogP contribution in [0.5, 0.6) is 0 Å². The first kappa shape index (κ1) is 27.7. The number of hydrogen-bond donors (Lipinski definition) is 0. The van der Waals surface area contributed by atoms with Crippen molar-refractivity contribution in [2.75, 3.05) is 0 Å². The van der Waals surface area contributed by atoms with Gasteiger partial charge in [-0.3, -0.25) is 4.57 Å². The quantitative estimate of drug-likeness (QED) is 0.189. The Morgan fingerprint density at radius 3 is 1.83 bits per heavy atom. The fourth-order valence-electron chi connectivity index (χ4n) is 8.82. The molecule has 12 rings (SSSR count). The van der Waals surface area contributed by atoms with Gasteiger partial charge in [-0.05, 0) is 40.8 Å². The van der Waals surface area contributed by atoms with Gasteiger partial charge in [-0.25, -0.2) is 9.97 Å². The molecule has 0 saturated carbocycles. The second-order valence-corrected chi connectivity index (χ2v) is 13.8. The number of rotatable bonds is 3. The summed E-state index contributed by atoms with van der Waals surface area (Å²) in [5.74, 6) is 0.666. The monoisotopic (exact) mass is 660 g/mol. The van der Waals surface area contributed by atoms with E-state index in [0.29, 0.717) is 5.95 Å². The lowest BCUT2D eigenvalue weighted by molar-refractivity contribution is 1.02. The molecule has 0 aliphatic rings. The van der Waals surface area contributed by atoms with Crippen LogP contribution in [0.3, 0.4) is 0 Å². The van der Waals surface area contributed by atoms with Gasteiger partial charge < -0.3 is 4.40 Å². The van der Waals surface area contributed by atoms with E-state index in [-0.39, 0.29) is 0 Å². The van der Waals surface area contributed by atoms with Crippen molar-refractivity contribution >= 4 is 81.6 Å². The van der Waals surface area contributed by atoms with Crippen LogP contribution in [0, 0.1) is 0 Å². The number of nitrogens with zero attached hydrogens (tertiary/aromatic N) is 4. The molecular weight excluding hydrogens is 633 g/mol. The highest BCUT2D eigenvalue weighted by Gasteiger charge is 2.26. The molecule has 8 aromatic carbocycles. The maximum atomic E-state index is 5.51. The standard InChI is InChI=1S/C48H28N4/c1-2-12-29(13-3-1)30-22-24-32(25-23-30)45-35-17-6-9-19-39(35)49-48(50-45)52-42-28-38-34-16-7-10-20-40(34)51-41-21-11-8-18-36(41)44(47(38)51)43(42)37-27-26-31-14-4-5-15-33(31)46(37)52/h1-28H. The van der Waals surface area contributed by atoms with Gasteiger partial charge in [0.2, 0.25) is 5.95 Å². The van der Waals surface area contributed by atoms with E-state index in [1.807, 2.05) is 0 Å². The topological polar surface area (TPSA) is 35.1 Å². The second kappa shape index (κ2) is 10.3. The minimum Gasteiger partial charge on any atom is -0.308 e. The van der Waals surface area contributed by atoms with E-state index < -0.39 is 0 Å². The molecule has 4 nitrogen and oxygen atoms in total. The molecule has 0 bridgehead atoms. The van der Waals surface area contributed by atoms with Crippen molar-refractivity contribution in [2.24, 2.45) is 0 Å². The van der Waals surface area contributed by atoms with Gasteiger partial charge in [-0.1, -0.05) is 146 Å². The Morgan fingerprint density at radius 1 is 0.365 bits per heavy atom. The molecule has 0 unspecified atom stereocenters. The highest BCUT2D eigenvalue weighted by atomic mass is 15.2. The van der Waals surface area contributed by atoms with E-state index in [1.165, 1.54) is 70.8 Å². The zero-order valence-electron chi connectivity index (χ0n) is 28.0. The first-order valence-corrected chi connectivity index (χ1v) is 17.8. The molecule has 52 heavy (non-hydrogen) atoms. The van der Waals surface area contributed by atoms with Crippen molar-refractivity contribution in [3.8, 4) is 28.3 Å². The van der Waals surface area contributed by atoms with Crippen LogP contribution in [0.1, 0.15) is 0 Å². The summed E-state index contributed by atoms with van der Waals surface area (Å²) in [6.07, 6.45) is 0. The minimum absolute atomic E-state index is 0.666. The Labute approximate surface area is 297 Å². The van der Waals surface area contributed by atoms with Gasteiger partial charge in [-0.15, -0.1) is 0 Å². The first-order valence-electron chi connectivity index (χ1n) is 17.8. The van der Waals surface area contributed by atoms with Gasteiger partial charge in [0, 0.05) is 48.7 Å². The predicted octanol–water partition coefficient (Wildman–Crippen LogP) is 12.4. The van der Waals surface area contributed by atoms with Crippen molar-refractivity contribution < 1.29 is 0 Å². The smallest absolute Gasteiger partial charge is 0.235 e. The molecule has 240 valence electrons. The Hall–Kier alpha value is -7.04. The first-order chi connectivity index (χ1) is 25.8. The van der Waals surface area contributed by atoms with E-state index in [2.05, 4.69) is 179 Å². The fourth-order valence-corrected chi connectivity index (χ4v) is 8.82. The Balaban J connectivity index is 1.25. The number of aromatic nitrogens is 4. The van der Waals surface area contributed by atoms with Crippen molar-refractivity contribution in [2.45, 2.75) is 0 Å². The lowest BCUT2D eigenvalue weighted by Crippen LogP contribution is -2.03. The fraction of sp³-hybridized carbons (Fsp3) is 0. The normalized spacial score (nSPS) is 12.2. The number of hydrogen-bond acceptors (Lipinski definition) is 2. The highest BCUT2D eigenvalue weighted by Crippen LogP contribution is 2.47. The average Bonchev–Trinajstić information content (AvgIpc) is 3.85. The third-order valence-corrected chi connectivity index (χ3v) is 11.0. The molecule has 0 aliphatic heterocycles. The van der Waals surface area contributed by atoms with Crippen molar-refractivity contribution in [3.63, 3.8) is 0 Å². The molecule has 0 amide bonds. The molecule has 0 saturated heterocycles. The van der Waals surface area contributed by atoms with Crippen molar-refractivity contribution in [1.29, 1.82) is 0 Å². The molecule has 0 atom stereocenters. The summed E-state index contributed by atoms with van der Waals surface area (Å²) in [6.45, 7) is 0. The van der Waals surface area contributed by atoms with E-state index in [9.17, 15) is 0 Å². The minimum atomic E-state index is 0.666. The summed E-state index contributed by atoms with van der Waals surface area (Å²) in [5.41, 5.74) is 11.2. The number of para-hydroxylation sites is 3. The van der Waals surface area contributed by atoms with Gasteiger partial charge in [0.15, 0.2) is 0 Å². The maximum absolute atomic E-state index is 5.51. The van der Waals surface area contributed by atoms with Crippen LogP contribution in [0.4, 0.5) is 0 Å². The van der Waals surface area contributed by atoms with Gasteiger partial charge in [0.1, 0.15) is 0 Å². The van der Waals surface area contributed by atoms with E-state index in [4.69, 9.17) is 9.97 Å². The molecule has 4 heterocycles. The number of benzene rings is 8. The van der Waals surface area contributed by atoms with E-state index >= 15 is 0 Å². The molecule has 0 spiro atoms. The molecular formula is C48H28N4. The highest BCUT2D eigenvalue weighted by molar-refractivity contribution is 6.37. The Morgan fingerprint density at radius 2 is 1.00 bits per heavy atom. The van der Waals surface area contributed by atoms with Gasteiger partial charge in [0.25, 0.3) is 0 Å². The largest absolute Gasteiger partial charge is 0.308 e. The van der Waals surface area contributed by atoms with Crippen LogP contribution in [-0.2, 0) is 0 Å². The lowest BCUT2D eigenvalue weighted by atomic mass is 10.0. The Bertz CT molecular complexity index is 3390. The Kier molecular flexibility index (Phi) is 5.47. The third-order valence-electron chi connectivity index (χ3n) is 11.0. The molecule has 0 aliphatic carbocycles. The third kappa shape index (κ3) is 3.65. The van der Waals surface area contributed by atoms with Crippen LogP contribution >= 0.6 is 0 Å². The zero-order chi connectivity index (χ0) is 33.9. The summed E-state index contributed by atoms with van der Waals surface area (Å²) in [4.78, 5) is 10.9. The summed E-state index contributed by atoms with van der Waals surface area (Å²) >= 11 is 0. The molecule has 4 heteroatoms. The van der Waals surface area contributed by atoms with E-state index in [0.717, 1.165) is 33.2 Å². The summed E-state index contributed by atoms with van der Waals surface area (Å²) in [5, 5.41) is 10.8. The summed E-state index contributed by atoms with van der Waals surface area (Å²) in [6, 6.07) is 60.9. The van der Waals surface area contributed by atoms with Gasteiger partial charge >= 0.3 is 0 Å².